The zero-order valence-corrected chi connectivity index (χ0v) is 7.34. The molecule has 58 valence electrons. The van der Waals surface area contributed by atoms with E-state index in [1.54, 1.807) is 0 Å². The molecule has 2 rings (SSSR count). The molecule has 2 aliphatic carbocycles. The zero-order chi connectivity index (χ0) is 6.81. The van der Waals surface area contributed by atoms with E-state index in [-0.39, 0.29) is 17.1 Å². The van der Waals surface area contributed by atoms with Crippen molar-refractivity contribution in [3.63, 3.8) is 0 Å². The molecule has 0 nitrogen and oxygen atoms in total. The Bertz CT molecular complexity index is 226. The van der Waals surface area contributed by atoms with Gasteiger partial charge in [-0.05, 0) is 24.0 Å². The molecule has 1 heteroatoms. The molecule has 0 heterocycles. The molecule has 0 atom stereocenters. The summed E-state index contributed by atoms with van der Waals surface area (Å²) in [5.41, 5.74) is 2.98. The van der Waals surface area contributed by atoms with Gasteiger partial charge in [0.1, 0.15) is 0 Å². The average molecular weight is 186 g/mol. The Morgan fingerprint density at radius 2 is 1.27 bits per heavy atom. The Balaban J connectivity index is 0.000000605. The van der Waals surface area contributed by atoms with Crippen LogP contribution in [0.1, 0.15) is 12.8 Å². The minimum atomic E-state index is 0. The van der Waals surface area contributed by atoms with Crippen molar-refractivity contribution >= 4 is 0 Å². The Labute approximate surface area is 77.8 Å². The second-order valence-corrected chi connectivity index (χ2v) is 2.65. The molecular formula is C10H10Fe. The molecule has 2 aliphatic rings. The van der Waals surface area contributed by atoms with Gasteiger partial charge < -0.3 is 0 Å². The topological polar surface area (TPSA) is 0 Å². The Hall–Kier alpha value is -0.521. The van der Waals surface area contributed by atoms with Gasteiger partial charge in [-0.15, -0.1) is 0 Å². The maximum absolute atomic E-state index is 2.21. The van der Waals surface area contributed by atoms with Crippen molar-refractivity contribution in [3.8, 4) is 0 Å². The molecule has 0 saturated heterocycles. The maximum Gasteiger partial charge on any atom is 0 e. The van der Waals surface area contributed by atoms with Gasteiger partial charge in [0.2, 0.25) is 0 Å². The van der Waals surface area contributed by atoms with Crippen LogP contribution in [0.25, 0.3) is 0 Å². The van der Waals surface area contributed by atoms with E-state index in [0.29, 0.717) is 0 Å². The van der Waals surface area contributed by atoms with Gasteiger partial charge in [-0.25, -0.2) is 0 Å². The molecular weight excluding hydrogens is 176 g/mol. The third kappa shape index (κ3) is 1.74. The monoisotopic (exact) mass is 186 g/mol. The second kappa shape index (κ2) is 3.75. The van der Waals surface area contributed by atoms with Crippen LogP contribution in [0.3, 0.4) is 0 Å². The van der Waals surface area contributed by atoms with Crippen LogP contribution in [-0.2, 0) is 17.1 Å². The summed E-state index contributed by atoms with van der Waals surface area (Å²) in [7, 11) is 0. The van der Waals surface area contributed by atoms with Gasteiger partial charge in [0.25, 0.3) is 0 Å². The third-order valence-corrected chi connectivity index (χ3v) is 1.95. The van der Waals surface area contributed by atoms with Gasteiger partial charge in [0, 0.05) is 17.1 Å². The number of rotatable bonds is 1. The van der Waals surface area contributed by atoms with Crippen LogP contribution in [0, 0.1) is 0 Å². The minimum Gasteiger partial charge on any atom is -0.0801 e. The number of hydrogen-bond acceptors (Lipinski definition) is 0. The SMILES string of the molecule is C1=CCC(C2=CC=CC2)=C1.[Fe]. The molecule has 0 aliphatic heterocycles. The molecule has 0 spiro atoms. The van der Waals surface area contributed by atoms with Crippen molar-refractivity contribution in [2.45, 2.75) is 12.8 Å². The summed E-state index contributed by atoms with van der Waals surface area (Å²) in [6.45, 7) is 0. The summed E-state index contributed by atoms with van der Waals surface area (Å²) in [5.74, 6) is 0. The van der Waals surface area contributed by atoms with Crippen LogP contribution >= 0.6 is 0 Å². The first-order valence-electron chi connectivity index (χ1n) is 3.68. The molecule has 0 unspecified atom stereocenters. The molecule has 0 aromatic heterocycles. The summed E-state index contributed by atoms with van der Waals surface area (Å²) in [6.07, 6.45) is 15.4. The molecule has 0 N–H and O–H groups in total. The van der Waals surface area contributed by atoms with E-state index in [2.05, 4.69) is 36.5 Å². The second-order valence-electron chi connectivity index (χ2n) is 2.65. The van der Waals surface area contributed by atoms with Crippen molar-refractivity contribution in [2.24, 2.45) is 0 Å². The molecule has 0 bridgehead atoms. The Morgan fingerprint density at radius 3 is 1.55 bits per heavy atom. The van der Waals surface area contributed by atoms with Crippen LogP contribution in [0.4, 0.5) is 0 Å². The number of allylic oxidation sites excluding steroid dienone is 8. The van der Waals surface area contributed by atoms with E-state index in [1.165, 1.54) is 11.1 Å². The van der Waals surface area contributed by atoms with Crippen LogP contribution in [0.15, 0.2) is 47.6 Å². The standard InChI is InChI=1S/C10H10.Fe/c1-2-6-9(5-1)10-7-3-4-8-10;/h1-5,7H,6,8H2;. The first-order chi connectivity index (χ1) is 4.97. The summed E-state index contributed by atoms with van der Waals surface area (Å²) in [4.78, 5) is 0. The molecule has 0 aromatic rings. The quantitative estimate of drug-likeness (QED) is 0.552. The van der Waals surface area contributed by atoms with E-state index < -0.39 is 0 Å². The molecule has 11 heavy (non-hydrogen) atoms. The average Bonchev–Trinajstić information content (AvgIpc) is 2.59. The first-order valence-corrected chi connectivity index (χ1v) is 3.68. The van der Waals surface area contributed by atoms with E-state index in [1.807, 2.05) is 0 Å². The van der Waals surface area contributed by atoms with Gasteiger partial charge in [-0.3, -0.25) is 0 Å². The van der Waals surface area contributed by atoms with Crippen molar-refractivity contribution < 1.29 is 17.1 Å². The summed E-state index contributed by atoms with van der Waals surface area (Å²) < 4.78 is 0. The summed E-state index contributed by atoms with van der Waals surface area (Å²) in [5, 5.41) is 0. The van der Waals surface area contributed by atoms with Crippen molar-refractivity contribution in [1.29, 1.82) is 0 Å². The van der Waals surface area contributed by atoms with Gasteiger partial charge >= 0.3 is 0 Å². The predicted octanol–water partition coefficient (Wildman–Crippen LogP) is 2.76. The molecule has 0 fully saturated rings. The fourth-order valence-electron chi connectivity index (χ4n) is 1.37. The Morgan fingerprint density at radius 1 is 0.818 bits per heavy atom. The first kappa shape index (κ1) is 8.57. The predicted molar refractivity (Wildman–Crippen MR) is 43.7 cm³/mol. The molecule has 0 amide bonds. The summed E-state index contributed by atoms with van der Waals surface area (Å²) >= 11 is 0. The number of hydrogen-bond donors (Lipinski definition) is 0. The van der Waals surface area contributed by atoms with E-state index >= 15 is 0 Å². The Kier molecular flexibility index (Phi) is 2.92. The van der Waals surface area contributed by atoms with Gasteiger partial charge in [0.05, 0.1) is 0 Å². The van der Waals surface area contributed by atoms with Gasteiger partial charge in [-0.2, -0.15) is 0 Å². The van der Waals surface area contributed by atoms with Crippen LogP contribution in [0.5, 0.6) is 0 Å². The van der Waals surface area contributed by atoms with Gasteiger partial charge in [0.15, 0.2) is 0 Å². The fraction of sp³-hybridized carbons (Fsp3) is 0.200. The maximum atomic E-state index is 2.21. The van der Waals surface area contributed by atoms with Crippen LogP contribution < -0.4 is 0 Å². The van der Waals surface area contributed by atoms with E-state index in [9.17, 15) is 0 Å². The molecule has 0 radical (unpaired) electrons. The fourth-order valence-corrected chi connectivity index (χ4v) is 1.37. The minimum absolute atomic E-state index is 0. The van der Waals surface area contributed by atoms with Crippen molar-refractivity contribution in [1.82, 2.24) is 0 Å². The van der Waals surface area contributed by atoms with Crippen molar-refractivity contribution in [3.05, 3.63) is 47.6 Å². The normalized spacial score (nSPS) is 19.6. The van der Waals surface area contributed by atoms with Crippen LogP contribution in [0.2, 0.25) is 0 Å². The smallest absolute Gasteiger partial charge is 0 e. The van der Waals surface area contributed by atoms with E-state index in [0.717, 1.165) is 12.8 Å². The third-order valence-electron chi connectivity index (χ3n) is 1.95. The molecule has 0 aromatic carbocycles. The van der Waals surface area contributed by atoms with E-state index in [4.69, 9.17) is 0 Å². The van der Waals surface area contributed by atoms with Gasteiger partial charge in [-0.1, -0.05) is 36.5 Å². The largest absolute Gasteiger partial charge is 0.0801 e. The molecule has 0 saturated carbocycles. The zero-order valence-electron chi connectivity index (χ0n) is 6.23. The summed E-state index contributed by atoms with van der Waals surface area (Å²) in [6, 6.07) is 0. The van der Waals surface area contributed by atoms with Crippen LogP contribution in [-0.4, -0.2) is 0 Å². The van der Waals surface area contributed by atoms with Crippen molar-refractivity contribution in [2.75, 3.05) is 0 Å².